The van der Waals surface area contributed by atoms with Crippen molar-refractivity contribution in [2.75, 3.05) is 11.9 Å². The lowest BCUT2D eigenvalue weighted by Crippen LogP contribution is -2.12. The number of ether oxygens (including phenoxy) is 1. The Kier molecular flexibility index (Phi) is 4.56. The van der Waals surface area contributed by atoms with Crippen LogP contribution in [0.1, 0.15) is 12.5 Å². The number of carbonyl (C=O) groups is 1. The number of nitrogens with zero attached hydrogens (tertiary/aromatic N) is 2. The largest absolute Gasteiger partial charge is 0.477 e. The number of fused-ring (bicyclic) bond motifs is 1. The van der Waals surface area contributed by atoms with Gasteiger partial charge in [0.05, 0.1) is 12.3 Å². The van der Waals surface area contributed by atoms with E-state index in [0.29, 0.717) is 34.8 Å². The minimum absolute atomic E-state index is 0.255. The quantitative estimate of drug-likeness (QED) is 0.683. The summed E-state index contributed by atoms with van der Waals surface area (Å²) in [6, 6.07) is 10.1. The van der Waals surface area contributed by atoms with E-state index in [1.807, 2.05) is 30.3 Å². The summed E-state index contributed by atoms with van der Waals surface area (Å²) in [5, 5.41) is 3.44. The zero-order valence-corrected chi connectivity index (χ0v) is 13.4. The first-order valence-electron chi connectivity index (χ1n) is 7.61. The number of aromatic nitrogens is 3. The Bertz CT molecular complexity index is 871. The molecule has 0 saturated heterocycles. The Morgan fingerprint density at radius 2 is 2.08 bits per heavy atom. The van der Waals surface area contributed by atoms with Crippen LogP contribution < -0.4 is 10.1 Å². The van der Waals surface area contributed by atoms with Crippen LogP contribution in [-0.4, -0.2) is 27.5 Å². The lowest BCUT2D eigenvalue weighted by atomic mass is 10.2. The van der Waals surface area contributed by atoms with Crippen LogP contribution in [0.5, 0.6) is 5.88 Å². The molecule has 0 bridgehead atoms. The molecular formula is C18H18N4O2. The summed E-state index contributed by atoms with van der Waals surface area (Å²) in [5.41, 5.74) is 2.80. The van der Waals surface area contributed by atoms with Crippen molar-refractivity contribution in [3.8, 4) is 5.88 Å². The van der Waals surface area contributed by atoms with E-state index in [0.717, 1.165) is 6.42 Å². The summed E-state index contributed by atoms with van der Waals surface area (Å²) in [4.78, 5) is 23.2. The minimum atomic E-state index is -0.255. The monoisotopic (exact) mass is 322 g/mol. The van der Waals surface area contributed by atoms with Crippen LogP contribution in [0.3, 0.4) is 0 Å². The Labute approximate surface area is 139 Å². The fourth-order valence-corrected chi connectivity index (χ4v) is 2.28. The standard InChI is InChI=1S/C18H18N4O2/c1-12(2)17(23)22-14-10-19-16-15(14)18(21-11-20-16)24-9-8-13-6-4-3-5-7-13/h3-7,10-11H,1,8-9H2,2H3,(H,22,23)(H,19,20,21). The number of amides is 1. The number of anilines is 1. The summed E-state index contributed by atoms with van der Waals surface area (Å²) in [6.07, 6.45) is 3.87. The van der Waals surface area contributed by atoms with E-state index in [9.17, 15) is 4.79 Å². The molecule has 2 N–H and O–H groups in total. The average molecular weight is 322 g/mol. The van der Waals surface area contributed by atoms with E-state index >= 15 is 0 Å². The molecule has 0 atom stereocenters. The molecule has 122 valence electrons. The molecular weight excluding hydrogens is 304 g/mol. The number of hydrogen-bond donors (Lipinski definition) is 2. The number of nitrogens with one attached hydrogen (secondary N) is 2. The van der Waals surface area contributed by atoms with Crippen molar-refractivity contribution in [2.45, 2.75) is 13.3 Å². The highest BCUT2D eigenvalue weighted by molar-refractivity contribution is 6.08. The first-order chi connectivity index (χ1) is 11.6. The molecule has 2 aromatic heterocycles. The second kappa shape index (κ2) is 6.95. The van der Waals surface area contributed by atoms with Gasteiger partial charge in [-0.25, -0.2) is 9.97 Å². The predicted octanol–water partition coefficient (Wildman–Crippen LogP) is 3.09. The highest BCUT2D eigenvalue weighted by atomic mass is 16.5. The molecule has 0 radical (unpaired) electrons. The maximum Gasteiger partial charge on any atom is 0.250 e. The van der Waals surface area contributed by atoms with Gasteiger partial charge in [0.1, 0.15) is 17.4 Å². The van der Waals surface area contributed by atoms with Crippen LogP contribution >= 0.6 is 0 Å². The summed E-state index contributed by atoms with van der Waals surface area (Å²) in [6.45, 7) is 5.77. The molecule has 0 aliphatic rings. The molecule has 0 aliphatic carbocycles. The fraction of sp³-hybridized carbons (Fsp3) is 0.167. The molecule has 3 aromatic rings. The van der Waals surface area contributed by atoms with Crippen LogP contribution in [0.15, 0.2) is 55.0 Å². The third kappa shape index (κ3) is 3.43. The first-order valence-corrected chi connectivity index (χ1v) is 7.61. The van der Waals surface area contributed by atoms with Crippen LogP contribution in [0.25, 0.3) is 11.0 Å². The molecule has 0 unspecified atom stereocenters. The number of aromatic amines is 1. The van der Waals surface area contributed by atoms with Crippen LogP contribution in [0.2, 0.25) is 0 Å². The molecule has 24 heavy (non-hydrogen) atoms. The first kappa shape index (κ1) is 15.7. The van der Waals surface area contributed by atoms with Gasteiger partial charge in [-0.2, -0.15) is 0 Å². The zero-order valence-electron chi connectivity index (χ0n) is 13.4. The molecule has 2 heterocycles. The van der Waals surface area contributed by atoms with Crippen molar-refractivity contribution in [2.24, 2.45) is 0 Å². The maximum absolute atomic E-state index is 11.9. The van der Waals surface area contributed by atoms with Gasteiger partial charge >= 0.3 is 0 Å². The molecule has 3 rings (SSSR count). The third-order valence-electron chi connectivity index (χ3n) is 3.54. The second-order valence-corrected chi connectivity index (χ2v) is 5.42. The van der Waals surface area contributed by atoms with Gasteiger partial charge in [-0.05, 0) is 12.5 Å². The zero-order chi connectivity index (χ0) is 16.9. The SMILES string of the molecule is C=C(C)C(=O)Nc1c[nH]c2ncnc(OCCc3ccccc3)c12. The molecule has 0 spiro atoms. The molecule has 0 aliphatic heterocycles. The van der Waals surface area contributed by atoms with E-state index in [-0.39, 0.29) is 5.91 Å². The number of carbonyl (C=O) groups excluding carboxylic acids is 1. The summed E-state index contributed by atoms with van der Waals surface area (Å²) in [7, 11) is 0. The molecule has 1 amide bonds. The number of hydrogen-bond acceptors (Lipinski definition) is 4. The van der Waals surface area contributed by atoms with Gasteiger partial charge in [0, 0.05) is 18.2 Å². The van der Waals surface area contributed by atoms with Crippen molar-refractivity contribution in [1.29, 1.82) is 0 Å². The van der Waals surface area contributed by atoms with Gasteiger partial charge in [-0.15, -0.1) is 0 Å². The Morgan fingerprint density at radius 3 is 2.83 bits per heavy atom. The summed E-state index contributed by atoms with van der Waals surface area (Å²) >= 11 is 0. The smallest absolute Gasteiger partial charge is 0.250 e. The highest BCUT2D eigenvalue weighted by Crippen LogP contribution is 2.29. The lowest BCUT2D eigenvalue weighted by Gasteiger charge is -2.08. The normalized spacial score (nSPS) is 10.5. The van der Waals surface area contributed by atoms with Gasteiger partial charge < -0.3 is 15.0 Å². The predicted molar refractivity (Wildman–Crippen MR) is 93.0 cm³/mol. The topological polar surface area (TPSA) is 79.9 Å². The molecule has 6 nitrogen and oxygen atoms in total. The summed E-state index contributed by atoms with van der Waals surface area (Å²) in [5.74, 6) is 0.184. The van der Waals surface area contributed by atoms with Crippen molar-refractivity contribution in [3.05, 3.63) is 60.6 Å². The van der Waals surface area contributed by atoms with Gasteiger partial charge in [-0.3, -0.25) is 4.79 Å². The number of benzene rings is 1. The lowest BCUT2D eigenvalue weighted by molar-refractivity contribution is -0.112. The third-order valence-corrected chi connectivity index (χ3v) is 3.54. The van der Waals surface area contributed by atoms with E-state index in [1.165, 1.54) is 11.9 Å². The van der Waals surface area contributed by atoms with Crippen LogP contribution in [-0.2, 0) is 11.2 Å². The fourth-order valence-electron chi connectivity index (χ4n) is 2.28. The molecule has 0 fully saturated rings. The van der Waals surface area contributed by atoms with E-state index in [1.54, 1.807) is 13.1 Å². The van der Waals surface area contributed by atoms with Gasteiger partial charge in [-0.1, -0.05) is 36.9 Å². The Balaban J connectivity index is 1.78. The summed E-state index contributed by atoms with van der Waals surface area (Å²) < 4.78 is 5.82. The van der Waals surface area contributed by atoms with Crippen molar-refractivity contribution in [3.63, 3.8) is 0 Å². The van der Waals surface area contributed by atoms with Gasteiger partial charge in [0.2, 0.25) is 5.88 Å². The van der Waals surface area contributed by atoms with E-state index < -0.39 is 0 Å². The van der Waals surface area contributed by atoms with Crippen molar-refractivity contribution < 1.29 is 9.53 Å². The molecule has 0 saturated carbocycles. The van der Waals surface area contributed by atoms with Gasteiger partial charge in [0.25, 0.3) is 5.91 Å². The highest BCUT2D eigenvalue weighted by Gasteiger charge is 2.14. The molecule has 1 aromatic carbocycles. The van der Waals surface area contributed by atoms with E-state index in [4.69, 9.17) is 4.74 Å². The van der Waals surface area contributed by atoms with E-state index in [2.05, 4.69) is 26.8 Å². The average Bonchev–Trinajstić information content (AvgIpc) is 2.99. The minimum Gasteiger partial charge on any atom is -0.477 e. The number of H-pyrrole nitrogens is 1. The Morgan fingerprint density at radius 1 is 1.29 bits per heavy atom. The Hall–Kier alpha value is -3.15. The second-order valence-electron chi connectivity index (χ2n) is 5.42. The van der Waals surface area contributed by atoms with Crippen LogP contribution in [0, 0.1) is 0 Å². The van der Waals surface area contributed by atoms with Crippen molar-refractivity contribution in [1.82, 2.24) is 15.0 Å². The molecule has 6 heteroatoms. The van der Waals surface area contributed by atoms with Crippen molar-refractivity contribution >= 4 is 22.6 Å². The van der Waals surface area contributed by atoms with Crippen LogP contribution in [0.4, 0.5) is 5.69 Å². The number of rotatable bonds is 6. The maximum atomic E-state index is 11.9. The van der Waals surface area contributed by atoms with Gasteiger partial charge in [0.15, 0.2) is 0 Å².